The van der Waals surface area contributed by atoms with Crippen molar-refractivity contribution in [3.63, 3.8) is 0 Å². The van der Waals surface area contributed by atoms with E-state index in [2.05, 4.69) is 56.9 Å². The number of morpholine rings is 1. The van der Waals surface area contributed by atoms with Gasteiger partial charge in [0.25, 0.3) is 0 Å². The minimum atomic E-state index is 0.419. The van der Waals surface area contributed by atoms with Crippen molar-refractivity contribution in [2.45, 2.75) is 13.0 Å². The number of para-hydroxylation sites is 1. The van der Waals surface area contributed by atoms with E-state index in [4.69, 9.17) is 10.5 Å². The van der Waals surface area contributed by atoms with Gasteiger partial charge in [-0.05, 0) is 19.1 Å². The van der Waals surface area contributed by atoms with Crippen LogP contribution in [0, 0.1) is 0 Å². The number of nitrogens with two attached hydrogens (primary N) is 1. The monoisotopic (exact) mass is 331 g/mol. The van der Waals surface area contributed by atoms with Crippen LogP contribution in [-0.2, 0) is 4.74 Å². The molecule has 2 heterocycles. The van der Waals surface area contributed by atoms with Crippen molar-refractivity contribution in [1.82, 2.24) is 9.80 Å². The summed E-state index contributed by atoms with van der Waals surface area (Å²) < 4.78 is 5.35. The summed E-state index contributed by atoms with van der Waals surface area (Å²) in [5.41, 5.74) is 7.44. The molecule has 0 aliphatic carbocycles. The molecule has 0 bridgehead atoms. The maximum absolute atomic E-state index is 6.12. The van der Waals surface area contributed by atoms with Crippen molar-refractivity contribution < 1.29 is 4.74 Å². The van der Waals surface area contributed by atoms with E-state index in [1.54, 1.807) is 0 Å². The lowest BCUT2D eigenvalue weighted by Gasteiger charge is -2.38. The van der Waals surface area contributed by atoms with Gasteiger partial charge >= 0.3 is 0 Å². The van der Waals surface area contributed by atoms with E-state index >= 15 is 0 Å². The minimum absolute atomic E-state index is 0.419. The highest BCUT2D eigenvalue weighted by molar-refractivity contribution is 5.78. The fourth-order valence-electron chi connectivity index (χ4n) is 3.29. The molecule has 1 unspecified atom stereocenters. The Morgan fingerprint density at radius 2 is 1.75 bits per heavy atom. The Balaban J connectivity index is 1.45. The first-order chi connectivity index (χ1) is 11.7. The standard InChI is InChI=1S/C18H29N5O/c1-16(15-20-18(19)23-11-13-24-14-12-23)21-7-9-22(10-8-21)17-5-3-2-4-6-17/h2-6,16H,7-15H2,1H3,(H2,19,20). The van der Waals surface area contributed by atoms with Gasteiger partial charge < -0.3 is 20.3 Å². The molecule has 2 aliphatic rings. The lowest BCUT2D eigenvalue weighted by molar-refractivity contribution is 0.0673. The highest BCUT2D eigenvalue weighted by atomic mass is 16.5. The molecule has 2 N–H and O–H groups in total. The van der Waals surface area contributed by atoms with E-state index in [1.165, 1.54) is 5.69 Å². The highest BCUT2D eigenvalue weighted by Crippen LogP contribution is 2.16. The van der Waals surface area contributed by atoms with E-state index in [0.29, 0.717) is 12.0 Å². The van der Waals surface area contributed by atoms with E-state index < -0.39 is 0 Å². The molecule has 0 aromatic heterocycles. The molecule has 2 fully saturated rings. The summed E-state index contributed by atoms with van der Waals surface area (Å²) in [7, 11) is 0. The Labute approximate surface area is 144 Å². The number of anilines is 1. The molecule has 1 aromatic rings. The third kappa shape index (κ3) is 4.39. The quantitative estimate of drug-likeness (QED) is 0.655. The van der Waals surface area contributed by atoms with Crippen molar-refractivity contribution >= 4 is 11.6 Å². The number of aliphatic imine (C=N–C) groups is 1. The number of hydrogen-bond donors (Lipinski definition) is 1. The molecule has 132 valence electrons. The first-order valence-electron chi connectivity index (χ1n) is 8.90. The van der Waals surface area contributed by atoms with Gasteiger partial charge in [-0.3, -0.25) is 9.89 Å². The van der Waals surface area contributed by atoms with Crippen LogP contribution < -0.4 is 10.6 Å². The summed E-state index contributed by atoms with van der Waals surface area (Å²) in [6.07, 6.45) is 0. The van der Waals surface area contributed by atoms with Crippen molar-refractivity contribution in [2.75, 3.05) is 63.9 Å². The minimum Gasteiger partial charge on any atom is -0.378 e. The molecule has 0 radical (unpaired) electrons. The molecule has 1 aromatic carbocycles. The van der Waals surface area contributed by atoms with Gasteiger partial charge in [-0.25, -0.2) is 0 Å². The second kappa shape index (κ2) is 8.35. The van der Waals surface area contributed by atoms with Gasteiger partial charge in [0.15, 0.2) is 5.96 Å². The molecule has 0 spiro atoms. The van der Waals surface area contributed by atoms with Gasteiger partial charge in [0.05, 0.1) is 19.8 Å². The van der Waals surface area contributed by atoms with E-state index in [9.17, 15) is 0 Å². The summed E-state index contributed by atoms with van der Waals surface area (Å²) in [5.74, 6) is 0.660. The van der Waals surface area contributed by atoms with Crippen molar-refractivity contribution in [3.05, 3.63) is 30.3 Å². The number of rotatable bonds is 4. The molecule has 0 amide bonds. The fraction of sp³-hybridized carbons (Fsp3) is 0.611. The van der Waals surface area contributed by atoms with Crippen LogP contribution >= 0.6 is 0 Å². The first kappa shape index (κ1) is 17.0. The van der Waals surface area contributed by atoms with Crippen LogP contribution in [-0.4, -0.2) is 80.8 Å². The predicted octanol–water partition coefficient (Wildman–Crippen LogP) is 0.844. The Morgan fingerprint density at radius 3 is 2.42 bits per heavy atom. The molecule has 6 nitrogen and oxygen atoms in total. The normalized spacial score (nSPS) is 21.8. The molecule has 0 saturated carbocycles. The number of hydrogen-bond acceptors (Lipinski definition) is 4. The van der Waals surface area contributed by atoms with Gasteiger partial charge in [0, 0.05) is 51.0 Å². The Bertz CT molecular complexity index is 521. The van der Waals surface area contributed by atoms with Crippen LogP contribution in [0.3, 0.4) is 0 Å². The smallest absolute Gasteiger partial charge is 0.191 e. The average molecular weight is 331 g/mol. The summed E-state index contributed by atoms with van der Waals surface area (Å²) in [4.78, 5) is 11.7. The molecule has 2 saturated heterocycles. The largest absolute Gasteiger partial charge is 0.378 e. The summed E-state index contributed by atoms with van der Waals surface area (Å²) >= 11 is 0. The number of benzene rings is 1. The van der Waals surface area contributed by atoms with Crippen LogP contribution in [0.25, 0.3) is 0 Å². The van der Waals surface area contributed by atoms with Gasteiger partial charge in [-0.15, -0.1) is 0 Å². The maximum atomic E-state index is 6.12. The van der Waals surface area contributed by atoms with Gasteiger partial charge in [-0.1, -0.05) is 18.2 Å². The fourth-order valence-corrected chi connectivity index (χ4v) is 3.29. The predicted molar refractivity (Wildman–Crippen MR) is 98.6 cm³/mol. The van der Waals surface area contributed by atoms with Crippen LogP contribution in [0.15, 0.2) is 35.3 Å². The Hall–Kier alpha value is -1.79. The SMILES string of the molecule is CC(CN=C(N)N1CCOCC1)N1CCN(c2ccccc2)CC1. The molecule has 3 rings (SSSR count). The first-order valence-corrected chi connectivity index (χ1v) is 8.90. The Morgan fingerprint density at radius 1 is 1.08 bits per heavy atom. The molecular formula is C18H29N5O. The summed E-state index contributed by atoms with van der Waals surface area (Å²) in [6.45, 7) is 10.5. The van der Waals surface area contributed by atoms with Crippen LogP contribution in [0.1, 0.15) is 6.92 Å². The molecule has 1 atom stereocenters. The van der Waals surface area contributed by atoms with Crippen LogP contribution in [0.5, 0.6) is 0 Å². The zero-order valence-electron chi connectivity index (χ0n) is 14.6. The number of ether oxygens (including phenoxy) is 1. The zero-order chi connectivity index (χ0) is 16.8. The van der Waals surface area contributed by atoms with Crippen molar-refractivity contribution in [1.29, 1.82) is 0 Å². The van der Waals surface area contributed by atoms with Crippen LogP contribution in [0.2, 0.25) is 0 Å². The van der Waals surface area contributed by atoms with Crippen molar-refractivity contribution in [3.8, 4) is 0 Å². The van der Waals surface area contributed by atoms with E-state index in [-0.39, 0.29) is 0 Å². The number of piperazine rings is 1. The van der Waals surface area contributed by atoms with Gasteiger partial charge in [0.2, 0.25) is 0 Å². The van der Waals surface area contributed by atoms with Gasteiger partial charge in [-0.2, -0.15) is 0 Å². The third-order valence-corrected chi connectivity index (χ3v) is 4.91. The third-order valence-electron chi connectivity index (χ3n) is 4.91. The lowest BCUT2D eigenvalue weighted by atomic mass is 10.2. The van der Waals surface area contributed by atoms with Crippen molar-refractivity contribution in [2.24, 2.45) is 10.7 Å². The van der Waals surface area contributed by atoms with Crippen LogP contribution in [0.4, 0.5) is 5.69 Å². The molecule has 24 heavy (non-hydrogen) atoms. The Kier molecular flexibility index (Phi) is 5.93. The number of nitrogens with zero attached hydrogens (tertiary/aromatic N) is 4. The molecule has 6 heteroatoms. The second-order valence-electron chi connectivity index (χ2n) is 6.51. The molecule has 2 aliphatic heterocycles. The number of guanidine groups is 1. The highest BCUT2D eigenvalue weighted by Gasteiger charge is 2.21. The summed E-state index contributed by atoms with van der Waals surface area (Å²) in [6, 6.07) is 11.1. The average Bonchev–Trinajstić information content (AvgIpc) is 2.67. The maximum Gasteiger partial charge on any atom is 0.191 e. The van der Waals surface area contributed by atoms with E-state index in [1.807, 2.05) is 0 Å². The second-order valence-corrected chi connectivity index (χ2v) is 6.51. The topological polar surface area (TPSA) is 57.3 Å². The van der Waals surface area contributed by atoms with Gasteiger partial charge in [0.1, 0.15) is 0 Å². The lowest BCUT2D eigenvalue weighted by Crippen LogP contribution is -2.51. The summed E-state index contributed by atoms with van der Waals surface area (Å²) in [5, 5.41) is 0. The zero-order valence-corrected chi connectivity index (χ0v) is 14.6. The molecular weight excluding hydrogens is 302 g/mol. The van der Waals surface area contributed by atoms with E-state index in [0.717, 1.165) is 59.0 Å².